The number of benzene rings is 2. The fourth-order valence-corrected chi connectivity index (χ4v) is 3.98. The number of halogens is 3. The molecule has 0 aliphatic carbocycles. The van der Waals surface area contributed by atoms with Crippen LogP contribution in [0.5, 0.6) is 5.75 Å². The molecule has 0 spiro atoms. The summed E-state index contributed by atoms with van der Waals surface area (Å²) in [5.41, 5.74) is 3.09. The Labute approximate surface area is 185 Å². The molecule has 0 fully saturated rings. The van der Waals surface area contributed by atoms with Crippen molar-refractivity contribution in [1.82, 2.24) is 4.98 Å². The third-order valence-corrected chi connectivity index (χ3v) is 5.81. The van der Waals surface area contributed by atoms with Crippen molar-refractivity contribution in [2.24, 2.45) is 0 Å². The number of ether oxygens (including phenoxy) is 1. The molecule has 0 saturated carbocycles. The largest absolute Gasteiger partial charge is 0.484 e. The molecule has 0 aliphatic rings. The van der Waals surface area contributed by atoms with E-state index in [1.54, 1.807) is 32.6 Å². The fourth-order valence-electron chi connectivity index (χ4n) is 2.84. The lowest BCUT2D eigenvalue weighted by atomic mass is 10.1. The summed E-state index contributed by atoms with van der Waals surface area (Å²) in [4.78, 5) is 4.23. The average molecular weight is 468 g/mol. The number of rotatable bonds is 7. The first-order valence-electron chi connectivity index (χ1n) is 9.18. The predicted octanol–water partition coefficient (Wildman–Crippen LogP) is 7.39. The molecule has 4 nitrogen and oxygen atoms in total. The molecule has 1 unspecified atom stereocenters. The first-order valence-corrected chi connectivity index (χ1v) is 12.5. The van der Waals surface area contributed by atoms with E-state index in [9.17, 15) is 8.96 Å². The van der Waals surface area contributed by atoms with Gasteiger partial charge in [0.15, 0.2) is 7.37 Å². The van der Waals surface area contributed by atoms with Gasteiger partial charge >= 0.3 is 0 Å². The summed E-state index contributed by atoms with van der Waals surface area (Å²) in [5, 5.41) is 0.278. The van der Waals surface area contributed by atoms with Gasteiger partial charge in [-0.1, -0.05) is 47.5 Å². The van der Waals surface area contributed by atoms with Gasteiger partial charge in [0, 0.05) is 35.7 Å². The van der Waals surface area contributed by atoms with Crippen LogP contribution in [0.4, 0.5) is 4.39 Å². The Morgan fingerprint density at radius 1 is 1.07 bits per heavy atom. The molecule has 1 aromatic heterocycles. The van der Waals surface area contributed by atoms with Gasteiger partial charge in [-0.2, -0.15) is 0 Å². The number of pyridine rings is 1. The molecule has 3 rings (SSSR count). The Morgan fingerprint density at radius 2 is 1.77 bits per heavy atom. The van der Waals surface area contributed by atoms with Crippen molar-refractivity contribution < 1.29 is 18.2 Å². The van der Waals surface area contributed by atoms with Crippen LogP contribution in [0, 0.1) is 5.82 Å². The van der Waals surface area contributed by atoms with Crippen LogP contribution >= 0.6 is 30.6 Å². The van der Waals surface area contributed by atoms with E-state index in [2.05, 4.69) is 4.98 Å². The molecule has 0 aliphatic heterocycles. The SMILES string of the molecule is CC(Oc1cncc(-c2ccc(COP(C)(C)=O)cc2)c1)c1c(Cl)ccc(F)c1Cl. The molecule has 3 aromatic rings. The molecule has 0 radical (unpaired) electrons. The molecule has 0 amide bonds. The van der Waals surface area contributed by atoms with Gasteiger partial charge in [-0.05, 0) is 36.2 Å². The smallest absolute Gasteiger partial charge is 0.197 e. The molecule has 1 atom stereocenters. The van der Waals surface area contributed by atoms with Crippen LogP contribution in [0.1, 0.15) is 24.2 Å². The van der Waals surface area contributed by atoms with Crippen molar-refractivity contribution >= 4 is 30.6 Å². The highest BCUT2D eigenvalue weighted by molar-refractivity contribution is 7.57. The molecule has 0 N–H and O–H groups in total. The third kappa shape index (κ3) is 5.83. The van der Waals surface area contributed by atoms with Crippen LogP contribution in [0.3, 0.4) is 0 Å². The second-order valence-electron chi connectivity index (χ2n) is 7.15. The van der Waals surface area contributed by atoms with Crippen molar-refractivity contribution in [1.29, 1.82) is 0 Å². The molecule has 2 aromatic carbocycles. The van der Waals surface area contributed by atoms with Crippen molar-refractivity contribution in [2.45, 2.75) is 19.6 Å². The fraction of sp³-hybridized carbons (Fsp3) is 0.227. The van der Waals surface area contributed by atoms with Crippen molar-refractivity contribution in [3.8, 4) is 16.9 Å². The number of hydrogen-bond acceptors (Lipinski definition) is 4. The maximum atomic E-state index is 13.8. The van der Waals surface area contributed by atoms with E-state index >= 15 is 0 Å². The second kappa shape index (κ2) is 9.49. The molecule has 1 heterocycles. The lowest BCUT2D eigenvalue weighted by Gasteiger charge is -2.18. The van der Waals surface area contributed by atoms with Crippen LogP contribution in [0.25, 0.3) is 11.1 Å². The summed E-state index contributed by atoms with van der Waals surface area (Å²) in [5.74, 6) is -0.0494. The van der Waals surface area contributed by atoms with Gasteiger partial charge in [-0.15, -0.1) is 0 Å². The first-order chi connectivity index (χ1) is 14.1. The minimum Gasteiger partial charge on any atom is -0.484 e. The number of hydrogen-bond donors (Lipinski definition) is 0. The Bertz CT molecular complexity index is 1090. The molecule has 8 heteroatoms. The highest BCUT2D eigenvalue weighted by Gasteiger charge is 2.19. The van der Waals surface area contributed by atoms with E-state index in [-0.39, 0.29) is 5.02 Å². The van der Waals surface area contributed by atoms with Crippen LogP contribution < -0.4 is 4.74 Å². The van der Waals surface area contributed by atoms with Gasteiger partial charge in [0.1, 0.15) is 17.7 Å². The maximum absolute atomic E-state index is 13.8. The van der Waals surface area contributed by atoms with Gasteiger partial charge < -0.3 is 9.26 Å². The van der Waals surface area contributed by atoms with E-state index in [1.165, 1.54) is 12.1 Å². The van der Waals surface area contributed by atoms with Crippen molar-refractivity contribution in [3.63, 3.8) is 0 Å². The zero-order valence-electron chi connectivity index (χ0n) is 16.7. The normalized spacial score (nSPS) is 12.6. The highest BCUT2D eigenvalue weighted by atomic mass is 35.5. The average Bonchev–Trinajstić information content (AvgIpc) is 2.69. The summed E-state index contributed by atoms with van der Waals surface area (Å²) in [7, 11) is -2.53. The standard InChI is InChI=1S/C22H21Cl2FNO3P/c1-14(21-19(23)8-9-20(25)22(21)24)29-18-10-17(11-26-12-18)16-6-4-15(5-7-16)13-28-30(2,3)27/h4-12,14H,13H2,1-3H3. The van der Waals surface area contributed by atoms with Crippen LogP contribution in [-0.2, 0) is 15.7 Å². The Hall–Kier alpha value is -1.91. The van der Waals surface area contributed by atoms with Gasteiger partial charge in [0.2, 0.25) is 0 Å². The van der Waals surface area contributed by atoms with E-state index in [1.807, 2.05) is 30.3 Å². The lowest BCUT2D eigenvalue weighted by molar-refractivity contribution is 0.226. The highest BCUT2D eigenvalue weighted by Crippen LogP contribution is 2.38. The van der Waals surface area contributed by atoms with E-state index < -0.39 is 19.3 Å². The monoisotopic (exact) mass is 467 g/mol. The molecular weight excluding hydrogens is 447 g/mol. The van der Waals surface area contributed by atoms with Crippen LogP contribution in [0.2, 0.25) is 10.0 Å². The molecule has 158 valence electrons. The van der Waals surface area contributed by atoms with Crippen LogP contribution in [-0.4, -0.2) is 18.3 Å². The Morgan fingerprint density at radius 3 is 2.43 bits per heavy atom. The Balaban J connectivity index is 1.77. The predicted molar refractivity (Wildman–Crippen MR) is 119 cm³/mol. The van der Waals surface area contributed by atoms with E-state index in [4.69, 9.17) is 32.5 Å². The third-order valence-electron chi connectivity index (χ3n) is 4.34. The summed E-state index contributed by atoms with van der Waals surface area (Å²) in [6, 6.07) is 12.2. The zero-order valence-corrected chi connectivity index (χ0v) is 19.1. The summed E-state index contributed by atoms with van der Waals surface area (Å²) in [6.07, 6.45) is 2.72. The summed E-state index contributed by atoms with van der Waals surface area (Å²) < 4.78 is 36.8. The maximum Gasteiger partial charge on any atom is 0.197 e. The second-order valence-corrected chi connectivity index (χ2v) is 10.7. The van der Waals surface area contributed by atoms with Gasteiger partial charge in [0.25, 0.3) is 0 Å². The number of nitrogens with zero attached hydrogens (tertiary/aromatic N) is 1. The quantitative estimate of drug-likeness (QED) is 0.268. The number of aromatic nitrogens is 1. The molecule has 0 bridgehead atoms. The summed E-state index contributed by atoms with van der Waals surface area (Å²) >= 11 is 12.3. The zero-order chi connectivity index (χ0) is 21.9. The van der Waals surface area contributed by atoms with Gasteiger partial charge in [-0.25, -0.2) is 4.39 Å². The molecule has 0 saturated heterocycles. The summed E-state index contributed by atoms with van der Waals surface area (Å²) in [6.45, 7) is 5.21. The minimum atomic E-state index is -2.53. The van der Waals surface area contributed by atoms with Crippen molar-refractivity contribution in [3.05, 3.63) is 81.8 Å². The molecule has 30 heavy (non-hydrogen) atoms. The minimum absolute atomic E-state index is 0.0550. The first kappa shape index (κ1) is 22.8. The van der Waals surface area contributed by atoms with Crippen LogP contribution in [0.15, 0.2) is 54.9 Å². The lowest BCUT2D eigenvalue weighted by Crippen LogP contribution is -2.06. The van der Waals surface area contributed by atoms with Gasteiger partial charge in [0.05, 0.1) is 17.8 Å². The Kier molecular flexibility index (Phi) is 7.20. The van der Waals surface area contributed by atoms with E-state index in [0.717, 1.165) is 16.7 Å². The topological polar surface area (TPSA) is 48.4 Å². The van der Waals surface area contributed by atoms with E-state index in [0.29, 0.717) is 22.9 Å². The molecular formula is C22H21Cl2FNO3P. The van der Waals surface area contributed by atoms with Crippen molar-refractivity contribution in [2.75, 3.05) is 13.3 Å². The van der Waals surface area contributed by atoms with Gasteiger partial charge in [-0.3, -0.25) is 9.55 Å².